The Kier molecular flexibility index (Phi) is 3.56. The summed E-state index contributed by atoms with van der Waals surface area (Å²) in [6, 6.07) is 0.264. The van der Waals surface area contributed by atoms with E-state index in [2.05, 4.69) is 10.2 Å². The van der Waals surface area contributed by atoms with Crippen molar-refractivity contribution in [2.45, 2.75) is 25.3 Å². The predicted octanol–water partition coefficient (Wildman–Crippen LogP) is -0.571. The largest absolute Gasteiger partial charge is 0.314 e. The molecule has 0 aromatic carbocycles. The van der Waals surface area contributed by atoms with E-state index >= 15 is 0 Å². The van der Waals surface area contributed by atoms with Gasteiger partial charge in [-0.3, -0.25) is 19.4 Å². The first-order valence-corrected chi connectivity index (χ1v) is 5.92. The van der Waals surface area contributed by atoms with Crippen LogP contribution in [-0.2, 0) is 9.59 Å². The van der Waals surface area contributed by atoms with Gasteiger partial charge in [-0.15, -0.1) is 0 Å². The number of nitrogens with zero attached hydrogens (tertiary/aromatic N) is 2. The zero-order chi connectivity index (χ0) is 11.5. The van der Waals surface area contributed by atoms with Gasteiger partial charge in [0.05, 0.1) is 0 Å². The monoisotopic (exact) mass is 225 g/mol. The zero-order valence-corrected chi connectivity index (χ0v) is 9.74. The average Bonchev–Trinajstić information content (AvgIpc) is 2.26. The number of rotatable bonds is 2. The standard InChI is InChI=1S/C11H19N3O2/c1-13-6-5-12-7-9(13)8-14-10(15)3-2-4-11(14)16/h9,12H,2-8H2,1H3. The van der Waals surface area contributed by atoms with Crippen LogP contribution in [-0.4, -0.2) is 60.9 Å². The van der Waals surface area contributed by atoms with Crippen molar-refractivity contribution in [3.8, 4) is 0 Å². The van der Waals surface area contributed by atoms with Crippen LogP contribution in [0.1, 0.15) is 19.3 Å². The topological polar surface area (TPSA) is 52.6 Å². The van der Waals surface area contributed by atoms with E-state index in [1.807, 2.05) is 7.05 Å². The Morgan fingerprint density at radius 3 is 2.62 bits per heavy atom. The van der Waals surface area contributed by atoms with Gasteiger partial charge in [-0.25, -0.2) is 0 Å². The number of piperazine rings is 1. The van der Waals surface area contributed by atoms with E-state index in [0.717, 1.165) is 19.6 Å². The van der Waals surface area contributed by atoms with Crippen molar-refractivity contribution in [3.05, 3.63) is 0 Å². The molecular weight excluding hydrogens is 206 g/mol. The van der Waals surface area contributed by atoms with Crippen LogP contribution in [0.25, 0.3) is 0 Å². The fourth-order valence-electron chi connectivity index (χ4n) is 2.28. The van der Waals surface area contributed by atoms with Crippen LogP contribution in [0.5, 0.6) is 0 Å². The molecule has 2 aliphatic rings. The fourth-order valence-corrected chi connectivity index (χ4v) is 2.28. The number of carbonyl (C=O) groups is 2. The summed E-state index contributed by atoms with van der Waals surface area (Å²) < 4.78 is 0. The molecule has 2 aliphatic heterocycles. The molecule has 2 rings (SSSR count). The van der Waals surface area contributed by atoms with Gasteiger partial charge in [-0.1, -0.05) is 0 Å². The summed E-state index contributed by atoms with van der Waals surface area (Å²) in [7, 11) is 2.05. The third-order valence-corrected chi connectivity index (χ3v) is 3.42. The molecule has 2 fully saturated rings. The number of nitrogens with one attached hydrogen (secondary N) is 1. The smallest absolute Gasteiger partial charge is 0.229 e. The van der Waals surface area contributed by atoms with Gasteiger partial charge in [-0.05, 0) is 13.5 Å². The van der Waals surface area contributed by atoms with E-state index in [1.165, 1.54) is 4.90 Å². The maximum absolute atomic E-state index is 11.7. The summed E-state index contributed by atoms with van der Waals surface area (Å²) in [4.78, 5) is 27.0. The van der Waals surface area contributed by atoms with Crippen LogP contribution in [0.2, 0.25) is 0 Å². The van der Waals surface area contributed by atoms with Crippen LogP contribution in [0, 0.1) is 0 Å². The van der Waals surface area contributed by atoms with Crippen molar-refractivity contribution in [1.82, 2.24) is 15.1 Å². The van der Waals surface area contributed by atoms with Crippen molar-refractivity contribution in [1.29, 1.82) is 0 Å². The van der Waals surface area contributed by atoms with Gasteiger partial charge < -0.3 is 5.32 Å². The Morgan fingerprint density at radius 1 is 1.31 bits per heavy atom. The Morgan fingerprint density at radius 2 is 2.00 bits per heavy atom. The lowest BCUT2D eigenvalue weighted by Crippen LogP contribution is -2.56. The molecule has 0 spiro atoms. The van der Waals surface area contributed by atoms with E-state index in [1.54, 1.807) is 0 Å². The number of likely N-dealkylation sites (N-methyl/N-ethyl adjacent to an activating group) is 1. The lowest BCUT2D eigenvalue weighted by Gasteiger charge is -2.37. The second-order valence-corrected chi connectivity index (χ2v) is 4.59. The summed E-state index contributed by atoms with van der Waals surface area (Å²) >= 11 is 0. The van der Waals surface area contributed by atoms with E-state index in [4.69, 9.17) is 0 Å². The molecule has 2 heterocycles. The van der Waals surface area contributed by atoms with Crippen molar-refractivity contribution in [3.63, 3.8) is 0 Å². The summed E-state index contributed by atoms with van der Waals surface area (Å²) in [6.45, 7) is 3.35. The lowest BCUT2D eigenvalue weighted by molar-refractivity contribution is -0.148. The van der Waals surface area contributed by atoms with E-state index in [9.17, 15) is 9.59 Å². The third kappa shape index (κ3) is 2.41. The molecule has 5 nitrogen and oxygen atoms in total. The molecule has 2 saturated heterocycles. The van der Waals surface area contributed by atoms with Gasteiger partial charge in [-0.2, -0.15) is 0 Å². The summed E-state index contributed by atoms with van der Waals surface area (Å²) in [6.07, 6.45) is 1.76. The average molecular weight is 225 g/mol. The van der Waals surface area contributed by atoms with Crippen LogP contribution >= 0.6 is 0 Å². The molecule has 0 saturated carbocycles. The first kappa shape index (κ1) is 11.5. The van der Waals surface area contributed by atoms with Crippen molar-refractivity contribution >= 4 is 11.8 Å². The number of likely N-dealkylation sites (tertiary alicyclic amines) is 1. The number of amides is 2. The van der Waals surface area contributed by atoms with Gasteiger partial charge >= 0.3 is 0 Å². The summed E-state index contributed by atoms with van der Waals surface area (Å²) in [5.41, 5.74) is 0. The molecule has 0 bridgehead atoms. The van der Waals surface area contributed by atoms with Crippen molar-refractivity contribution in [2.75, 3.05) is 33.2 Å². The third-order valence-electron chi connectivity index (χ3n) is 3.42. The lowest BCUT2D eigenvalue weighted by atomic mass is 10.1. The van der Waals surface area contributed by atoms with Crippen LogP contribution < -0.4 is 5.32 Å². The van der Waals surface area contributed by atoms with Gasteiger partial charge in [0.15, 0.2) is 0 Å². The first-order chi connectivity index (χ1) is 7.68. The molecule has 0 aromatic heterocycles. The Bertz CT molecular complexity index is 277. The maximum Gasteiger partial charge on any atom is 0.229 e. The van der Waals surface area contributed by atoms with Gasteiger partial charge in [0.25, 0.3) is 0 Å². The van der Waals surface area contributed by atoms with E-state index in [-0.39, 0.29) is 17.9 Å². The van der Waals surface area contributed by atoms with E-state index in [0.29, 0.717) is 25.8 Å². The number of carbonyl (C=O) groups excluding carboxylic acids is 2. The predicted molar refractivity (Wildman–Crippen MR) is 59.9 cm³/mol. The highest BCUT2D eigenvalue weighted by atomic mass is 16.2. The second kappa shape index (κ2) is 4.93. The summed E-state index contributed by atoms with van der Waals surface area (Å²) in [5.74, 6) is -0.00885. The molecule has 90 valence electrons. The highest BCUT2D eigenvalue weighted by Crippen LogP contribution is 2.14. The minimum absolute atomic E-state index is 0.00442. The molecular formula is C11H19N3O2. The number of hydrogen-bond donors (Lipinski definition) is 1. The second-order valence-electron chi connectivity index (χ2n) is 4.59. The number of imide groups is 1. The highest BCUT2D eigenvalue weighted by Gasteiger charge is 2.30. The quantitative estimate of drug-likeness (QED) is 0.639. The van der Waals surface area contributed by atoms with Crippen molar-refractivity contribution in [2.24, 2.45) is 0 Å². The maximum atomic E-state index is 11.7. The van der Waals surface area contributed by atoms with Gasteiger partial charge in [0.2, 0.25) is 11.8 Å². The molecule has 0 aliphatic carbocycles. The zero-order valence-electron chi connectivity index (χ0n) is 9.74. The van der Waals surface area contributed by atoms with Crippen molar-refractivity contribution < 1.29 is 9.59 Å². The molecule has 16 heavy (non-hydrogen) atoms. The Balaban J connectivity index is 1.96. The normalized spacial score (nSPS) is 28.6. The van der Waals surface area contributed by atoms with Gasteiger partial charge in [0.1, 0.15) is 0 Å². The molecule has 0 radical (unpaired) electrons. The SMILES string of the molecule is CN1CCNCC1CN1C(=O)CCCC1=O. The molecule has 2 amide bonds. The Hall–Kier alpha value is -0.940. The fraction of sp³-hybridized carbons (Fsp3) is 0.818. The van der Waals surface area contributed by atoms with E-state index < -0.39 is 0 Å². The molecule has 1 atom stereocenters. The van der Waals surface area contributed by atoms with Crippen LogP contribution in [0.15, 0.2) is 0 Å². The number of hydrogen-bond acceptors (Lipinski definition) is 4. The summed E-state index contributed by atoms with van der Waals surface area (Å²) in [5, 5.41) is 3.29. The Labute approximate surface area is 95.8 Å². The van der Waals surface area contributed by atoms with Crippen LogP contribution in [0.3, 0.4) is 0 Å². The minimum atomic E-state index is -0.00442. The van der Waals surface area contributed by atoms with Gasteiger partial charge in [0, 0.05) is 45.1 Å². The molecule has 0 aromatic rings. The number of piperidine rings is 1. The minimum Gasteiger partial charge on any atom is -0.314 e. The molecule has 1 N–H and O–H groups in total. The molecule has 1 unspecified atom stereocenters. The highest BCUT2D eigenvalue weighted by molar-refractivity contribution is 5.97. The molecule has 5 heteroatoms. The first-order valence-electron chi connectivity index (χ1n) is 5.92. The van der Waals surface area contributed by atoms with Crippen LogP contribution in [0.4, 0.5) is 0 Å².